The average Bonchev–Trinajstić information content (AvgIpc) is 3.42. The number of benzene rings is 1. The fraction of sp³-hybridized carbons (Fsp3) is 0.105. The molecule has 0 atom stereocenters. The van der Waals surface area contributed by atoms with Crippen molar-refractivity contribution in [2.45, 2.75) is 6.92 Å². The van der Waals surface area contributed by atoms with Gasteiger partial charge in [0, 0.05) is 12.1 Å². The van der Waals surface area contributed by atoms with Gasteiger partial charge in [0.2, 0.25) is 5.91 Å². The fourth-order valence-corrected chi connectivity index (χ4v) is 3.29. The summed E-state index contributed by atoms with van der Waals surface area (Å²) >= 11 is 1.61. The Morgan fingerprint density at radius 2 is 1.78 bits per heavy atom. The molecule has 136 valence electrons. The number of aromatic amines is 2. The number of nitrogens with zero attached hydrogens (tertiary/aromatic N) is 2. The molecular weight excluding hydrogens is 360 g/mol. The molecule has 0 bridgehead atoms. The van der Waals surface area contributed by atoms with E-state index >= 15 is 0 Å². The molecule has 0 saturated carbocycles. The quantitative estimate of drug-likeness (QED) is 0.409. The molecule has 0 spiro atoms. The number of thiophene rings is 1. The Hall–Kier alpha value is -3.39. The second-order valence-electron chi connectivity index (χ2n) is 6.08. The predicted molar refractivity (Wildman–Crippen MR) is 108 cm³/mol. The third-order valence-corrected chi connectivity index (χ3v) is 4.91. The lowest BCUT2D eigenvalue weighted by Crippen LogP contribution is -2.22. The monoisotopic (exact) mass is 378 g/mol. The summed E-state index contributed by atoms with van der Waals surface area (Å²) in [5, 5.41) is 22.0. The van der Waals surface area contributed by atoms with Gasteiger partial charge in [-0.05, 0) is 23.9 Å². The molecule has 4 N–H and O–H groups in total. The van der Waals surface area contributed by atoms with E-state index in [-0.39, 0.29) is 12.5 Å². The molecule has 8 heteroatoms. The molecule has 4 rings (SSSR count). The first-order valence-corrected chi connectivity index (χ1v) is 9.31. The molecule has 0 fully saturated rings. The van der Waals surface area contributed by atoms with E-state index in [0.717, 1.165) is 21.8 Å². The number of carbonyl (C=O) groups is 1. The van der Waals surface area contributed by atoms with E-state index in [4.69, 9.17) is 0 Å². The molecule has 0 radical (unpaired) electrons. The topological polar surface area (TPSA) is 98.5 Å². The molecule has 4 aromatic rings. The summed E-state index contributed by atoms with van der Waals surface area (Å²) in [7, 11) is 0. The molecule has 0 unspecified atom stereocenters. The van der Waals surface area contributed by atoms with Crippen LogP contribution in [0.3, 0.4) is 0 Å². The zero-order valence-corrected chi connectivity index (χ0v) is 15.4. The number of nitrogens with one attached hydrogen (secondary N) is 4. The molecule has 0 aliphatic carbocycles. The van der Waals surface area contributed by atoms with E-state index < -0.39 is 0 Å². The number of anilines is 2. The van der Waals surface area contributed by atoms with Crippen molar-refractivity contribution in [3.63, 3.8) is 0 Å². The van der Waals surface area contributed by atoms with Gasteiger partial charge in [0.05, 0.1) is 22.8 Å². The smallest absolute Gasteiger partial charge is 0.244 e. The van der Waals surface area contributed by atoms with Crippen molar-refractivity contribution in [2.75, 3.05) is 17.2 Å². The van der Waals surface area contributed by atoms with Gasteiger partial charge in [0.1, 0.15) is 5.82 Å². The number of amides is 1. The standard InChI is InChI=1S/C19H18N6OS/c1-12-4-6-13(7-5-12)14-9-17(24-22-14)20-11-19(26)21-18-10-15(23-25-18)16-3-2-8-27-16/h2-10H,11H2,1H3,(H2,20,22,24)(H2,21,23,25,26). The van der Waals surface area contributed by atoms with Crippen molar-refractivity contribution in [2.24, 2.45) is 0 Å². The Balaban J connectivity index is 1.32. The van der Waals surface area contributed by atoms with Crippen molar-refractivity contribution >= 4 is 28.9 Å². The molecule has 0 aliphatic rings. The number of H-pyrrole nitrogens is 2. The van der Waals surface area contributed by atoms with Crippen LogP contribution in [0, 0.1) is 6.92 Å². The van der Waals surface area contributed by atoms with Gasteiger partial charge in [-0.1, -0.05) is 35.9 Å². The lowest BCUT2D eigenvalue weighted by molar-refractivity contribution is -0.114. The number of aromatic nitrogens is 4. The van der Waals surface area contributed by atoms with Crippen LogP contribution < -0.4 is 10.6 Å². The molecule has 3 aromatic heterocycles. The van der Waals surface area contributed by atoms with E-state index in [9.17, 15) is 4.79 Å². The molecule has 0 aliphatic heterocycles. The van der Waals surface area contributed by atoms with Crippen LogP contribution in [-0.4, -0.2) is 32.8 Å². The summed E-state index contributed by atoms with van der Waals surface area (Å²) in [6.45, 7) is 2.14. The van der Waals surface area contributed by atoms with Crippen LogP contribution in [0.5, 0.6) is 0 Å². The number of carbonyl (C=O) groups excluding carboxylic acids is 1. The van der Waals surface area contributed by atoms with Gasteiger partial charge >= 0.3 is 0 Å². The summed E-state index contributed by atoms with van der Waals surface area (Å²) < 4.78 is 0. The minimum atomic E-state index is -0.195. The van der Waals surface area contributed by atoms with Crippen LogP contribution in [0.4, 0.5) is 11.6 Å². The Labute approximate surface area is 159 Å². The van der Waals surface area contributed by atoms with Crippen LogP contribution >= 0.6 is 11.3 Å². The Bertz CT molecular complexity index is 1030. The van der Waals surface area contributed by atoms with Crippen molar-refractivity contribution in [3.05, 3.63) is 59.5 Å². The van der Waals surface area contributed by atoms with E-state index in [0.29, 0.717) is 11.6 Å². The first kappa shape index (κ1) is 17.0. The fourth-order valence-electron chi connectivity index (χ4n) is 2.59. The lowest BCUT2D eigenvalue weighted by atomic mass is 10.1. The van der Waals surface area contributed by atoms with Gasteiger partial charge in [-0.3, -0.25) is 15.0 Å². The van der Waals surface area contributed by atoms with E-state index in [1.807, 2.05) is 60.8 Å². The van der Waals surface area contributed by atoms with Crippen molar-refractivity contribution in [1.29, 1.82) is 0 Å². The number of rotatable bonds is 6. The normalized spacial score (nSPS) is 10.7. The average molecular weight is 378 g/mol. The molecule has 3 heterocycles. The van der Waals surface area contributed by atoms with E-state index in [1.54, 1.807) is 11.3 Å². The van der Waals surface area contributed by atoms with Gasteiger partial charge in [-0.15, -0.1) is 11.3 Å². The molecule has 1 aromatic carbocycles. The van der Waals surface area contributed by atoms with Crippen LogP contribution in [0.15, 0.2) is 53.9 Å². The zero-order valence-electron chi connectivity index (χ0n) is 14.6. The van der Waals surface area contributed by atoms with E-state index in [1.165, 1.54) is 5.56 Å². The SMILES string of the molecule is Cc1ccc(-c2cc(NCC(=O)Nc3cc(-c4cccs4)[nH]n3)n[nH]2)cc1. The van der Waals surface area contributed by atoms with E-state index in [2.05, 4.69) is 31.0 Å². The summed E-state index contributed by atoms with van der Waals surface area (Å²) in [6, 6.07) is 15.8. The Kier molecular flexibility index (Phi) is 4.71. The van der Waals surface area contributed by atoms with Gasteiger partial charge < -0.3 is 10.6 Å². The van der Waals surface area contributed by atoms with Crippen LogP contribution in [0.2, 0.25) is 0 Å². The van der Waals surface area contributed by atoms with Crippen LogP contribution in [-0.2, 0) is 4.79 Å². The molecule has 27 heavy (non-hydrogen) atoms. The van der Waals surface area contributed by atoms with Gasteiger partial charge in [-0.2, -0.15) is 10.2 Å². The highest BCUT2D eigenvalue weighted by Crippen LogP contribution is 2.24. The van der Waals surface area contributed by atoms with Crippen molar-refractivity contribution < 1.29 is 4.79 Å². The molecule has 0 saturated heterocycles. The number of hydrogen-bond acceptors (Lipinski definition) is 5. The minimum absolute atomic E-state index is 0.0966. The largest absolute Gasteiger partial charge is 0.360 e. The molecule has 7 nitrogen and oxygen atoms in total. The number of aryl methyl sites for hydroxylation is 1. The maximum absolute atomic E-state index is 12.1. The second kappa shape index (κ2) is 7.46. The van der Waals surface area contributed by atoms with Crippen LogP contribution in [0.25, 0.3) is 21.8 Å². The summed E-state index contributed by atoms with van der Waals surface area (Å²) in [5.74, 6) is 0.911. The summed E-state index contributed by atoms with van der Waals surface area (Å²) in [5.41, 5.74) is 4.02. The highest BCUT2D eigenvalue weighted by Gasteiger charge is 2.09. The van der Waals surface area contributed by atoms with Gasteiger partial charge in [0.15, 0.2) is 5.82 Å². The third-order valence-electron chi connectivity index (χ3n) is 4.00. The third kappa shape index (κ3) is 4.06. The maximum Gasteiger partial charge on any atom is 0.244 e. The zero-order chi connectivity index (χ0) is 18.6. The van der Waals surface area contributed by atoms with Crippen molar-refractivity contribution in [3.8, 4) is 21.8 Å². The Morgan fingerprint density at radius 1 is 1.04 bits per heavy atom. The van der Waals surface area contributed by atoms with Gasteiger partial charge in [-0.25, -0.2) is 0 Å². The Morgan fingerprint density at radius 3 is 2.56 bits per heavy atom. The summed E-state index contributed by atoms with van der Waals surface area (Å²) in [6.07, 6.45) is 0. The first-order chi connectivity index (χ1) is 13.2. The maximum atomic E-state index is 12.1. The lowest BCUT2D eigenvalue weighted by Gasteiger charge is -2.02. The molecule has 1 amide bonds. The molecular formula is C19H18N6OS. The first-order valence-electron chi connectivity index (χ1n) is 8.43. The number of hydrogen-bond donors (Lipinski definition) is 4. The van der Waals surface area contributed by atoms with Gasteiger partial charge in [0.25, 0.3) is 0 Å². The van der Waals surface area contributed by atoms with Crippen molar-refractivity contribution in [1.82, 2.24) is 20.4 Å². The minimum Gasteiger partial charge on any atom is -0.360 e. The highest BCUT2D eigenvalue weighted by molar-refractivity contribution is 7.13. The predicted octanol–water partition coefficient (Wildman–Crippen LogP) is 3.89. The summed E-state index contributed by atoms with van der Waals surface area (Å²) in [4.78, 5) is 13.2. The highest BCUT2D eigenvalue weighted by atomic mass is 32.1. The second-order valence-corrected chi connectivity index (χ2v) is 7.03. The van der Waals surface area contributed by atoms with Crippen LogP contribution in [0.1, 0.15) is 5.56 Å².